The number of halogens is 2. The molecule has 0 saturated heterocycles. The van der Waals surface area contributed by atoms with E-state index in [9.17, 15) is 5.11 Å². The normalized spacial score (nSPS) is 14.5. The van der Waals surface area contributed by atoms with Crippen LogP contribution in [0.4, 0.5) is 0 Å². The summed E-state index contributed by atoms with van der Waals surface area (Å²) in [5.74, 6) is 2.18. The highest BCUT2D eigenvalue weighted by Crippen LogP contribution is 2.40. The molecule has 1 aliphatic carbocycles. The monoisotopic (exact) mass is 398 g/mol. The number of nitrogens with zero attached hydrogens (tertiary/aromatic N) is 2. The number of hydrogen-bond donors (Lipinski definition) is 1. The number of benzene rings is 1. The lowest BCUT2D eigenvalue weighted by Crippen LogP contribution is -2.07. The lowest BCUT2D eigenvalue weighted by molar-refractivity contribution is 0.286. The highest BCUT2D eigenvalue weighted by atomic mass is 35.5. The second-order valence-corrected chi connectivity index (χ2v) is 8.90. The molecule has 0 aliphatic heterocycles. The molecule has 1 saturated carbocycles. The minimum absolute atomic E-state index is 0.194. The van der Waals surface area contributed by atoms with E-state index < -0.39 is 0 Å². The molecule has 0 bridgehead atoms. The van der Waals surface area contributed by atoms with Crippen LogP contribution in [-0.4, -0.2) is 21.3 Å². The van der Waals surface area contributed by atoms with Gasteiger partial charge >= 0.3 is 0 Å². The Morgan fingerprint density at radius 2 is 1.92 bits per heavy atom. The lowest BCUT2D eigenvalue weighted by Gasteiger charge is -2.13. The SMILES string of the molecule is CC(C)c1nc(CCCO)n(CC2CC2)c1Sc1cc(Cl)cc(Cl)c1. The lowest BCUT2D eigenvalue weighted by atomic mass is 10.1. The standard InChI is InChI=1S/C19H24Cl2N2OS/c1-12(2)18-19(25-16-9-14(20)8-15(21)10-16)23(11-13-5-6-13)17(22-18)4-3-7-24/h8-10,12-13,24H,3-7,11H2,1-2H3. The quantitative estimate of drug-likeness (QED) is 0.610. The fraction of sp³-hybridized carbons (Fsp3) is 0.526. The fourth-order valence-corrected chi connectivity index (χ4v) is 4.79. The first kappa shape index (κ1) is 19.1. The summed E-state index contributed by atoms with van der Waals surface area (Å²) in [6.45, 7) is 5.56. The van der Waals surface area contributed by atoms with E-state index in [4.69, 9.17) is 28.2 Å². The summed E-state index contributed by atoms with van der Waals surface area (Å²) in [7, 11) is 0. The van der Waals surface area contributed by atoms with E-state index in [-0.39, 0.29) is 6.61 Å². The van der Waals surface area contributed by atoms with E-state index in [0.717, 1.165) is 41.7 Å². The van der Waals surface area contributed by atoms with E-state index in [1.807, 2.05) is 12.1 Å². The zero-order chi connectivity index (χ0) is 18.0. The van der Waals surface area contributed by atoms with Crippen LogP contribution < -0.4 is 0 Å². The summed E-state index contributed by atoms with van der Waals surface area (Å²) in [5, 5.41) is 11.7. The minimum Gasteiger partial charge on any atom is -0.396 e. The van der Waals surface area contributed by atoms with Crippen LogP contribution in [0.2, 0.25) is 10.0 Å². The summed E-state index contributed by atoms with van der Waals surface area (Å²) >= 11 is 14.0. The summed E-state index contributed by atoms with van der Waals surface area (Å²) in [4.78, 5) is 5.97. The Kier molecular flexibility index (Phi) is 6.37. The van der Waals surface area contributed by atoms with Crippen LogP contribution in [0.5, 0.6) is 0 Å². The molecule has 3 nitrogen and oxygen atoms in total. The largest absolute Gasteiger partial charge is 0.396 e. The zero-order valence-electron chi connectivity index (χ0n) is 14.6. The van der Waals surface area contributed by atoms with Gasteiger partial charge in [-0.1, -0.05) is 48.8 Å². The van der Waals surface area contributed by atoms with E-state index >= 15 is 0 Å². The van der Waals surface area contributed by atoms with Crippen LogP contribution in [0.25, 0.3) is 0 Å². The van der Waals surface area contributed by atoms with Gasteiger partial charge in [0.1, 0.15) is 10.9 Å². The Bertz CT molecular complexity index is 721. The number of aliphatic hydroxyl groups is 1. The molecule has 0 amide bonds. The molecular formula is C19H24Cl2N2OS. The van der Waals surface area contributed by atoms with Crippen molar-refractivity contribution in [1.82, 2.24) is 9.55 Å². The maximum atomic E-state index is 9.22. The third-order valence-electron chi connectivity index (χ3n) is 4.32. The van der Waals surface area contributed by atoms with Crippen molar-refractivity contribution in [2.75, 3.05) is 6.61 Å². The molecule has 136 valence electrons. The molecule has 1 aromatic carbocycles. The number of hydrogen-bond acceptors (Lipinski definition) is 3. The zero-order valence-corrected chi connectivity index (χ0v) is 17.0. The average Bonchev–Trinajstić information content (AvgIpc) is 3.28. The number of imidazole rings is 1. The molecular weight excluding hydrogens is 375 g/mol. The summed E-state index contributed by atoms with van der Waals surface area (Å²) < 4.78 is 2.36. The Morgan fingerprint density at radius 1 is 1.24 bits per heavy atom. The Balaban J connectivity index is 1.99. The maximum absolute atomic E-state index is 9.22. The van der Waals surface area contributed by atoms with Crippen molar-refractivity contribution in [3.63, 3.8) is 0 Å². The molecule has 0 atom stereocenters. The van der Waals surface area contributed by atoms with Crippen LogP contribution in [0.15, 0.2) is 28.1 Å². The predicted octanol–water partition coefficient (Wildman–Crippen LogP) is 5.80. The molecule has 1 fully saturated rings. The third kappa shape index (κ3) is 4.94. The number of aliphatic hydroxyl groups excluding tert-OH is 1. The second-order valence-electron chi connectivity index (χ2n) is 6.96. The first-order chi connectivity index (χ1) is 12.0. The van der Waals surface area contributed by atoms with Gasteiger partial charge in [0.15, 0.2) is 0 Å². The number of aromatic nitrogens is 2. The van der Waals surface area contributed by atoms with Gasteiger partial charge in [-0.3, -0.25) is 0 Å². The highest BCUT2D eigenvalue weighted by Gasteiger charge is 2.27. The summed E-state index contributed by atoms with van der Waals surface area (Å²) in [5.41, 5.74) is 1.12. The molecule has 0 spiro atoms. The maximum Gasteiger partial charge on any atom is 0.109 e. The molecule has 3 rings (SSSR count). The number of rotatable bonds is 8. The predicted molar refractivity (Wildman–Crippen MR) is 105 cm³/mol. The van der Waals surface area contributed by atoms with Crippen LogP contribution in [0.3, 0.4) is 0 Å². The van der Waals surface area contributed by atoms with Gasteiger partial charge in [-0.25, -0.2) is 4.98 Å². The van der Waals surface area contributed by atoms with Gasteiger partial charge in [0, 0.05) is 34.5 Å². The molecule has 1 N–H and O–H groups in total. The van der Waals surface area contributed by atoms with Gasteiger partial charge in [0.25, 0.3) is 0 Å². The van der Waals surface area contributed by atoms with Crippen molar-refractivity contribution in [2.45, 2.75) is 61.9 Å². The van der Waals surface area contributed by atoms with E-state index in [2.05, 4.69) is 18.4 Å². The summed E-state index contributed by atoms with van der Waals surface area (Å²) in [6.07, 6.45) is 4.13. The summed E-state index contributed by atoms with van der Waals surface area (Å²) in [6, 6.07) is 5.65. The van der Waals surface area contributed by atoms with Crippen molar-refractivity contribution in [1.29, 1.82) is 0 Å². The van der Waals surface area contributed by atoms with E-state index in [1.165, 1.54) is 17.9 Å². The topological polar surface area (TPSA) is 38.1 Å². The van der Waals surface area contributed by atoms with Gasteiger partial charge in [0.05, 0.1) is 5.69 Å². The highest BCUT2D eigenvalue weighted by molar-refractivity contribution is 7.99. The van der Waals surface area contributed by atoms with Crippen molar-refractivity contribution >= 4 is 35.0 Å². The molecule has 6 heteroatoms. The average molecular weight is 399 g/mol. The molecule has 0 unspecified atom stereocenters. The minimum atomic E-state index is 0.194. The van der Waals surface area contributed by atoms with Crippen molar-refractivity contribution in [3.05, 3.63) is 39.8 Å². The first-order valence-corrected chi connectivity index (χ1v) is 10.4. The molecule has 25 heavy (non-hydrogen) atoms. The van der Waals surface area contributed by atoms with Gasteiger partial charge < -0.3 is 9.67 Å². The van der Waals surface area contributed by atoms with Crippen molar-refractivity contribution in [3.8, 4) is 0 Å². The van der Waals surface area contributed by atoms with E-state index in [0.29, 0.717) is 16.0 Å². The Hall–Kier alpha value is -0.680. The van der Waals surface area contributed by atoms with E-state index in [1.54, 1.807) is 17.8 Å². The molecule has 0 radical (unpaired) electrons. The third-order valence-corrected chi connectivity index (χ3v) is 5.85. The molecule has 2 aromatic rings. The molecule has 1 aliphatic rings. The van der Waals surface area contributed by atoms with Crippen LogP contribution in [0.1, 0.15) is 50.5 Å². The molecule has 1 heterocycles. The van der Waals surface area contributed by atoms with Gasteiger partial charge in [0.2, 0.25) is 0 Å². The van der Waals surface area contributed by atoms with Gasteiger partial charge in [-0.2, -0.15) is 0 Å². The molecule has 1 aromatic heterocycles. The van der Waals surface area contributed by atoms with Gasteiger partial charge in [-0.15, -0.1) is 0 Å². The Morgan fingerprint density at radius 3 is 2.48 bits per heavy atom. The van der Waals surface area contributed by atoms with Crippen LogP contribution in [-0.2, 0) is 13.0 Å². The fourth-order valence-electron chi connectivity index (χ4n) is 2.86. The van der Waals surface area contributed by atoms with Gasteiger partial charge in [-0.05, 0) is 49.3 Å². The van der Waals surface area contributed by atoms with Crippen LogP contribution >= 0.6 is 35.0 Å². The van der Waals surface area contributed by atoms with Crippen LogP contribution in [0, 0.1) is 5.92 Å². The smallest absolute Gasteiger partial charge is 0.109 e. The first-order valence-electron chi connectivity index (χ1n) is 8.82. The second kappa shape index (κ2) is 8.34. The van der Waals surface area contributed by atoms with Crippen molar-refractivity contribution in [2.24, 2.45) is 5.92 Å². The van der Waals surface area contributed by atoms with Crippen molar-refractivity contribution < 1.29 is 5.11 Å². The Labute approximate surface area is 163 Å². The number of aryl methyl sites for hydroxylation is 1.